The first kappa shape index (κ1) is 18.7. The summed E-state index contributed by atoms with van der Waals surface area (Å²) in [5.41, 5.74) is -0.0969. The third-order valence-corrected chi connectivity index (χ3v) is 3.87. The normalized spacial score (nSPS) is 18.1. The quantitative estimate of drug-likeness (QED) is 0.831. The minimum Gasteiger partial charge on any atom is -0.390 e. The van der Waals surface area contributed by atoms with Crippen molar-refractivity contribution < 1.29 is 18.3 Å². The molecule has 1 atom stereocenters. The van der Waals surface area contributed by atoms with Gasteiger partial charge < -0.3 is 10.4 Å². The SMILES string of the molecule is Cl.OCC(F)(F)[C@H](c1cc(Br)ccc1F)N1CCNCC1. The topological polar surface area (TPSA) is 35.5 Å². The summed E-state index contributed by atoms with van der Waals surface area (Å²) >= 11 is 3.17. The van der Waals surface area contributed by atoms with E-state index in [4.69, 9.17) is 5.11 Å². The summed E-state index contributed by atoms with van der Waals surface area (Å²) in [6.45, 7) is 0.577. The largest absolute Gasteiger partial charge is 0.390 e. The average molecular weight is 390 g/mol. The standard InChI is InChI=1S/C13H16BrF3N2O.ClH/c14-9-1-2-11(15)10(7-9)12(13(16,17)8-20)19-5-3-18-4-6-19;/h1-2,7,12,18,20H,3-6,8H2;1H/t12-;/m0./s1. The van der Waals surface area contributed by atoms with Gasteiger partial charge in [0.25, 0.3) is 5.92 Å². The number of benzene rings is 1. The number of nitrogens with one attached hydrogen (secondary N) is 1. The van der Waals surface area contributed by atoms with Crippen LogP contribution in [-0.4, -0.2) is 48.7 Å². The van der Waals surface area contributed by atoms with E-state index in [2.05, 4.69) is 21.2 Å². The van der Waals surface area contributed by atoms with Crippen LogP contribution in [0.15, 0.2) is 22.7 Å². The van der Waals surface area contributed by atoms with Gasteiger partial charge in [-0.2, -0.15) is 0 Å². The van der Waals surface area contributed by atoms with Crippen LogP contribution in [0.1, 0.15) is 11.6 Å². The van der Waals surface area contributed by atoms with Gasteiger partial charge in [-0.3, -0.25) is 4.90 Å². The first-order chi connectivity index (χ1) is 9.45. The molecule has 1 aromatic carbocycles. The Morgan fingerprint density at radius 1 is 1.33 bits per heavy atom. The van der Waals surface area contributed by atoms with Gasteiger partial charge in [-0.05, 0) is 18.2 Å². The number of aliphatic hydroxyl groups is 1. The molecule has 1 heterocycles. The Labute approximate surface area is 136 Å². The second kappa shape index (κ2) is 7.78. The van der Waals surface area contributed by atoms with E-state index in [0.29, 0.717) is 30.7 Å². The van der Waals surface area contributed by atoms with Gasteiger partial charge in [0.05, 0.1) is 0 Å². The minimum atomic E-state index is -3.40. The molecule has 2 N–H and O–H groups in total. The Hall–Kier alpha value is -0.340. The maximum Gasteiger partial charge on any atom is 0.290 e. The van der Waals surface area contributed by atoms with E-state index in [-0.39, 0.29) is 18.0 Å². The minimum absolute atomic E-state index is 0. The number of halogens is 5. The molecule has 0 unspecified atom stereocenters. The first-order valence-electron chi connectivity index (χ1n) is 6.34. The lowest BCUT2D eigenvalue weighted by molar-refractivity contribution is -0.119. The number of piperazine rings is 1. The molecule has 0 aliphatic carbocycles. The van der Waals surface area contributed by atoms with Crippen molar-refractivity contribution in [1.82, 2.24) is 10.2 Å². The zero-order valence-corrected chi connectivity index (χ0v) is 13.6. The number of alkyl halides is 2. The van der Waals surface area contributed by atoms with E-state index >= 15 is 0 Å². The van der Waals surface area contributed by atoms with E-state index in [9.17, 15) is 13.2 Å². The van der Waals surface area contributed by atoms with Gasteiger partial charge >= 0.3 is 0 Å². The maximum absolute atomic E-state index is 14.1. The molecule has 1 aliphatic heterocycles. The Bertz CT molecular complexity index is 473. The van der Waals surface area contributed by atoms with Crippen molar-refractivity contribution >= 4 is 28.3 Å². The van der Waals surface area contributed by atoms with Crippen LogP contribution in [0.2, 0.25) is 0 Å². The number of hydrogen-bond acceptors (Lipinski definition) is 3. The van der Waals surface area contributed by atoms with Crippen LogP contribution < -0.4 is 5.32 Å². The molecule has 0 spiro atoms. The van der Waals surface area contributed by atoms with Crippen LogP contribution in [0, 0.1) is 5.82 Å². The van der Waals surface area contributed by atoms with Gasteiger partial charge in [-0.15, -0.1) is 12.4 Å². The van der Waals surface area contributed by atoms with Gasteiger partial charge in [-0.25, -0.2) is 13.2 Å². The Morgan fingerprint density at radius 3 is 2.52 bits per heavy atom. The first-order valence-corrected chi connectivity index (χ1v) is 7.13. The van der Waals surface area contributed by atoms with E-state index in [1.165, 1.54) is 17.0 Å². The molecular weight excluding hydrogens is 373 g/mol. The van der Waals surface area contributed by atoms with Crippen molar-refractivity contribution in [2.24, 2.45) is 0 Å². The Kier molecular flexibility index (Phi) is 6.93. The Balaban J connectivity index is 0.00000220. The fourth-order valence-corrected chi connectivity index (χ4v) is 2.82. The molecular formula is C13H17BrClF3N2O. The molecule has 0 saturated carbocycles. The van der Waals surface area contributed by atoms with Crippen LogP contribution in [0.3, 0.4) is 0 Å². The lowest BCUT2D eigenvalue weighted by Crippen LogP contribution is -2.51. The van der Waals surface area contributed by atoms with E-state index in [1.807, 2.05) is 0 Å². The van der Waals surface area contributed by atoms with Gasteiger partial charge in [0.2, 0.25) is 0 Å². The van der Waals surface area contributed by atoms with Crippen molar-refractivity contribution in [3.8, 4) is 0 Å². The van der Waals surface area contributed by atoms with Gasteiger partial charge in [-0.1, -0.05) is 15.9 Å². The zero-order chi connectivity index (χ0) is 14.8. The predicted octanol–water partition coefficient (Wildman–Crippen LogP) is 2.58. The van der Waals surface area contributed by atoms with Crippen molar-refractivity contribution in [1.29, 1.82) is 0 Å². The van der Waals surface area contributed by atoms with Gasteiger partial charge in [0, 0.05) is 36.2 Å². The molecule has 8 heteroatoms. The smallest absolute Gasteiger partial charge is 0.290 e. The summed E-state index contributed by atoms with van der Waals surface area (Å²) in [5.74, 6) is -4.09. The van der Waals surface area contributed by atoms with Crippen LogP contribution in [0.5, 0.6) is 0 Å². The molecule has 0 bridgehead atoms. The number of hydrogen-bond donors (Lipinski definition) is 2. The Morgan fingerprint density at radius 2 is 1.95 bits per heavy atom. The van der Waals surface area contributed by atoms with Gasteiger partial charge in [0.1, 0.15) is 18.5 Å². The predicted molar refractivity (Wildman–Crippen MR) is 80.6 cm³/mol. The maximum atomic E-state index is 14.1. The van der Waals surface area contributed by atoms with E-state index < -0.39 is 24.4 Å². The lowest BCUT2D eigenvalue weighted by atomic mass is 9.97. The molecule has 0 amide bonds. The highest BCUT2D eigenvalue weighted by atomic mass is 79.9. The highest BCUT2D eigenvalue weighted by Gasteiger charge is 2.45. The molecule has 0 aromatic heterocycles. The summed E-state index contributed by atoms with van der Waals surface area (Å²) < 4.78 is 42.7. The van der Waals surface area contributed by atoms with Crippen molar-refractivity contribution in [2.45, 2.75) is 12.0 Å². The number of aliphatic hydroxyl groups excluding tert-OH is 1. The summed E-state index contributed by atoms with van der Waals surface area (Å²) in [7, 11) is 0. The summed E-state index contributed by atoms with van der Waals surface area (Å²) in [5, 5.41) is 12.1. The molecule has 2 rings (SSSR count). The third kappa shape index (κ3) is 4.32. The second-order valence-electron chi connectivity index (χ2n) is 4.77. The van der Waals surface area contributed by atoms with Crippen molar-refractivity contribution in [3.05, 3.63) is 34.1 Å². The molecule has 1 fully saturated rings. The third-order valence-electron chi connectivity index (χ3n) is 3.38. The monoisotopic (exact) mass is 388 g/mol. The fraction of sp³-hybridized carbons (Fsp3) is 0.538. The summed E-state index contributed by atoms with van der Waals surface area (Å²) in [4.78, 5) is 1.51. The average Bonchev–Trinajstić information content (AvgIpc) is 2.44. The van der Waals surface area contributed by atoms with Crippen LogP contribution in [0.4, 0.5) is 13.2 Å². The van der Waals surface area contributed by atoms with Crippen molar-refractivity contribution in [3.63, 3.8) is 0 Å². The lowest BCUT2D eigenvalue weighted by Gasteiger charge is -2.38. The van der Waals surface area contributed by atoms with E-state index in [1.54, 1.807) is 0 Å². The second-order valence-corrected chi connectivity index (χ2v) is 5.69. The van der Waals surface area contributed by atoms with Crippen LogP contribution in [0.25, 0.3) is 0 Å². The molecule has 1 saturated heterocycles. The van der Waals surface area contributed by atoms with Crippen LogP contribution >= 0.6 is 28.3 Å². The highest BCUT2D eigenvalue weighted by Crippen LogP contribution is 2.38. The van der Waals surface area contributed by atoms with E-state index in [0.717, 1.165) is 6.07 Å². The molecule has 0 radical (unpaired) electrons. The molecule has 3 nitrogen and oxygen atoms in total. The molecule has 120 valence electrons. The van der Waals surface area contributed by atoms with Crippen LogP contribution in [-0.2, 0) is 0 Å². The zero-order valence-electron chi connectivity index (χ0n) is 11.2. The fourth-order valence-electron chi connectivity index (χ4n) is 2.44. The molecule has 1 aliphatic rings. The summed E-state index contributed by atoms with van der Waals surface area (Å²) in [6.07, 6.45) is 0. The highest BCUT2D eigenvalue weighted by molar-refractivity contribution is 9.10. The summed E-state index contributed by atoms with van der Waals surface area (Å²) in [6, 6.07) is 2.50. The van der Waals surface area contributed by atoms with Crippen molar-refractivity contribution in [2.75, 3.05) is 32.8 Å². The molecule has 21 heavy (non-hydrogen) atoms. The number of rotatable bonds is 4. The molecule has 1 aromatic rings. The van der Waals surface area contributed by atoms with Gasteiger partial charge in [0.15, 0.2) is 0 Å². The number of nitrogens with zero attached hydrogens (tertiary/aromatic N) is 1.